The van der Waals surface area contributed by atoms with Crippen molar-refractivity contribution in [1.29, 1.82) is 5.26 Å². The molecule has 3 aromatic rings. The van der Waals surface area contributed by atoms with Crippen molar-refractivity contribution in [2.24, 2.45) is 5.16 Å². The van der Waals surface area contributed by atoms with Gasteiger partial charge in [-0.25, -0.2) is 4.39 Å². The van der Waals surface area contributed by atoms with Crippen LogP contribution in [0.4, 0.5) is 4.39 Å². The van der Waals surface area contributed by atoms with Gasteiger partial charge in [-0.2, -0.15) is 5.26 Å². The molecule has 0 saturated heterocycles. The maximum atomic E-state index is 14.6. The van der Waals surface area contributed by atoms with E-state index in [-0.39, 0.29) is 54.9 Å². The second-order valence-corrected chi connectivity index (χ2v) is 7.26. The van der Waals surface area contributed by atoms with Crippen molar-refractivity contribution in [1.82, 2.24) is 0 Å². The fraction of sp³-hybridized carbons (Fsp3) is 0.192. The van der Waals surface area contributed by atoms with Crippen molar-refractivity contribution in [3.63, 3.8) is 0 Å². The predicted molar refractivity (Wildman–Crippen MR) is 121 cm³/mol. The molecule has 0 N–H and O–H groups in total. The number of hydrogen-bond donors (Lipinski definition) is 0. The molecule has 0 aliphatic rings. The summed E-state index contributed by atoms with van der Waals surface area (Å²) in [5, 5.41) is 23.8. The zero-order valence-corrected chi connectivity index (χ0v) is 21.4. The number of carboxylic acid groups (broad SMARTS) is 1. The van der Waals surface area contributed by atoms with Crippen LogP contribution in [0.2, 0.25) is 0 Å². The van der Waals surface area contributed by atoms with Crippen molar-refractivity contribution in [2.75, 3.05) is 13.7 Å². The largest absolute Gasteiger partial charge is 1.00 e. The molecule has 0 spiro atoms. The van der Waals surface area contributed by atoms with E-state index in [2.05, 4.69) is 5.16 Å². The first kappa shape index (κ1) is 27.9. The topological polar surface area (TPSA) is 104 Å². The minimum Gasteiger partial charge on any atom is -0.550 e. The normalized spacial score (nSPS) is 11.5. The molecule has 174 valence electrons. The van der Waals surface area contributed by atoms with E-state index in [0.717, 1.165) is 5.56 Å². The molecule has 0 amide bonds. The minimum atomic E-state index is -1.29. The Morgan fingerprint density at radius 1 is 1.09 bits per heavy atom. The van der Waals surface area contributed by atoms with E-state index in [1.165, 1.54) is 19.2 Å². The molecule has 0 aliphatic carbocycles. The maximum Gasteiger partial charge on any atom is 1.00 e. The fourth-order valence-corrected chi connectivity index (χ4v) is 3.17. The average molecular weight is 484 g/mol. The van der Waals surface area contributed by atoms with Crippen LogP contribution in [0.15, 0.2) is 78.0 Å². The molecule has 1 unspecified atom stereocenters. The van der Waals surface area contributed by atoms with Gasteiger partial charge in [-0.05, 0) is 35.4 Å². The second-order valence-electron chi connectivity index (χ2n) is 7.26. The Balaban J connectivity index is 0.00000432. The predicted octanol–water partition coefficient (Wildman–Crippen LogP) is 0.585. The van der Waals surface area contributed by atoms with Gasteiger partial charge in [0.05, 0.1) is 12.0 Å². The van der Waals surface area contributed by atoms with Gasteiger partial charge in [0.2, 0.25) is 0 Å². The summed E-state index contributed by atoms with van der Waals surface area (Å²) in [5.74, 6) is -2.05. The van der Waals surface area contributed by atoms with E-state index in [4.69, 9.17) is 19.6 Å². The van der Waals surface area contributed by atoms with Gasteiger partial charge < -0.3 is 24.2 Å². The van der Waals surface area contributed by atoms with Crippen LogP contribution in [-0.4, -0.2) is 25.4 Å². The first-order valence-corrected chi connectivity index (χ1v) is 10.4. The number of rotatable bonds is 11. The van der Waals surface area contributed by atoms with Gasteiger partial charge in [-0.15, -0.1) is 0 Å². The van der Waals surface area contributed by atoms with Gasteiger partial charge in [-0.3, -0.25) is 0 Å². The van der Waals surface area contributed by atoms with Crippen LogP contribution in [0, 0.1) is 17.1 Å². The van der Waals surface area contributed by atoms with E-state index in [9.17, 15) is 14.3 Å². The van der Waals surface area contributed by atoms with Crippen LogP contribution in [0.25, 0.3) is 0 Å². The van der Waals surface area contributed by atoms with Crippen LogP contribution < -0.4 is 44.1 Å². The first-order valence-electron chi connectivity index (χ1n) is 10.4. The summed E-state index contributed by atoms with van der Waals surface area (Å²) in [7, 11) is 1.43. The van der Waals surface area contributed by atoms with Gasteiger partial charge >= 0.3 is 29.6 Å². The third-order valence-corrected chi connectivity index (χ3v) is 4.88. The number of nitriles is 1. The molecule has 7 nitrogen and oxygen atoms in total. The Bertz CT molecular complexity index is 1180. The fourth-order valence-electron chi connectivity index (χ4n) is 3.17. The van der Waals surface area contributed by atoms with Crippen LogP contribution in [-0.2, 0) is 16.2 Å². The number of carboxylic acids is 1. The molecule has 0 aromatic heterocycles. The standard InChI is InChI=1S/C26H23FN2O5.Na/c1-32-29-24(20-5-3-2-4-6-20)17-34-25-12-7-18(13-23(25)27)16-33-22-10-8-19(9-11-22)21(15-28)14-26(30)31;/h2-13,21H,14,16-17H2,1H3,(H,30,31);/q;+1/p-1/b29-24+;. The number of halogens is 1. The van der Waals surface area contributed by atoms with Crippen LogP contribution >= 0.6 is 0 Å². The smallest absolute Gasteiger partial charge is 0.550 e. The van der Waals surface area contributed by atoms with Crippen molar-refractivity contribution < 1.29 is 58.2 Å². The number of aliphatic carboxylic acids is 1. The monoisotopic (exact) mass is 484 g/mol. The van der Waals surface area contributed by atoms with E-state index >= 15 is 0 Å². The molecule has 0 saturated carbocycles. The molecule has 0 radical (unpaired) electrons. The molecule has 0 fully saturated rings. The molecule has 35 heavy (non-hydrogen) atoms. The van der Waals surface area contributed by atoms with Crippen LogP contribution in [0.1, 0.15) is 29.0 Å². The SMILES string of the molecule is CO/N=C(\COc1ccc(COc2ccc(C(C#N)CC(=O)[O-])cc2)cc1F)c1ccccc1.[Na+]. The Morgan fingerprint density at radius 3 is 2.40 bits per heavy atom. The van der Waals surface area contributed by atoms with E-state index < -0.39 is 17.7 Å². The number of oxime groups is 1. The van der Waals surface area contributed by atoms with Crippen molar-refractivity contribution in [3.8, 4) is 17.6 Å². The number of hydrogen-bond acceptors (Lipinski definition) is 7. The molecule has 0 aliphatic heterocycles. The summed E-state index contributed by atoms with van der Waals surface area (Å²) >= 11 is 0. The summed E-state index contributed by atoms with van der Waals surface area (Å²) in [6.07, 6.45) is -0.380. The summed E-state index contributed by atoms with van der Waals surface area (Å²) < 4.78 is 25.8. The molecule has 3 aromatic carbocycles. The zero-order chi connectivity index (χ0) is 24.3. The van der Waals surface area contributed by atoms with Gasteiger partial charge in [0.1, 0.15) is 31.8 Å². The maximum absolute atomic E-state index is 14.6. The van der Waals surface area contributed by atoms with Gasteiger partial charge in [0.15, 0.2) is 11.6 Å². The van der Waals surface area contributed by atoms with Gasteiger partial charge in [0, 0.05) is 18.0 Å². The Labute approximate surface area is 225 Å². The summed E-state index contributed by atoms with van der Waals surface area (Å²) in [5.41, 5.74) is 2.48. The molecule has 0 bridgehead atoms. The van der Waals surface area contributed by atoms with Crippen molar-refractivity contribution in [3.05, 3.63) is 95.3 Å². The molecular formula is C26H22FN2NaO5. The third kappa shape index (κ3) is 8.41. The number of nitrogens with zero attached hydrogens (tertiary/aromatic N) is 2. The average Bonchev–Trinajstić information content (AvgIpc) is 2.85. The summed E-state index contributed by atoms with van der Waals surface area (Å²) in [4.78, 5) is 15.6. The number of carbonyl (C=O) groups excluding carboxylic acids is 1. The molecule has 3 rings (SSSR count). The molecule has 1 atom stereocenters. The van der Waals surface area contributed by atoms with Crippen LogP contribution in [0.3, 0.4) is 0 Å². The second kappa shape index (κ2) is 14.1. The minimum absolute atomic E-state index is 0. The summed E-state index contributed by atoms with van der Waals surface area (Å²) in [6, 6.07) is 22.3. The summed E-state index contributed by atoms with van der Waals surface area (Å²) in [6.45, 7) is 0.135. The quantitative estimate of drug-likeness (QED) is 0.224. The van der Waals surface area contributed by atoms with E-state index in [1.807, 2.05) is 36.4 Å². The van der Waals surface area contributed by atoms with Gasteiger partial charge in [0.25, 0.3) is 0 Å². The van der Waals surface area contributed by atoms with Crippen molar-refractivity contribution >= 4 is 11.7 Å². The molecular weight excluding hydrogens is 462 g/mol. The zero-order valence-electron chi connectivity index (χ0n) is 19.4. The van der Waals surface area contributed by atoms with Crippen molar-refractivity contribution in [2.45, 2.75) is 18.9 Å². The Kier molecular flexibility index (Phi) is 11.2. The Hall–Kier alpha value is -3.38. The van der Waals surface area contributed by atoms with E-state index in [1.54, 1.807) is 30.3 Å². The first-order chi connectivity index (χ1) is 16.5. The van der Waals surface area contributed by atoms with Gasteiger partial charge in [-0.1, -0.05) is 53.7 Å². The van der Waals surface area contributed by atoms with E-state index in [0.29, 0.717) is 22.6 Å². The van der Waals surface area contributed by atoms with Crippen LogP contribution in [0.5, 0.6) is 11.5 Å². The number of ether oxygens (including phenoxy) is 2. The molecule has 9 heteroatoms. The Morgan fingerprint density at radius 2 is 1.80 bits per heavy atom. The molecule has 0 heterocycles. The third-order valence-electron chi connectivity index (χ3n) is 4.88. The number of benzene rings is 3. The number of carbonyl (C=O) groups is 1.